The van der Waals surface area contributed by atoms with E-state index in [-0.39, 0.29) is 34.1 Å². The largest absolute Gasteiger partial charge is 0.482 e. The van der Waals surface area contributed by atoms with Crippen LogP contribution in [0, 0.1) is 6.92 Å². The minimum atomic E-state index is -3.87. The number of rotatable bonds is 8. The van der Waals surface area contributed by atoms with E-state index in [2.05, 4.69) is 23.9 Å². The van der Waals surface area contributed by atoms with E-state index < -0.39 is 10.0 Å². The Balaban J connectivity index is 1.67. The molecule has 6 nitrogen and oxygen atoms in total. The predicted molar refractivity (Wildman–Crippen MR) is 133 cm³/mol. The summed E-state index contributed by atoms with van der Waals surface area (Å²) in [6.07, 6.45) is 0. The van der Waals surface area contributed by atoms with E-state index in [4.69, 9.17) is 27.9 Å². The van der Waals surface area contributed by atoms with Crippen LogP contribution in [0.4, 0.5) is 11.4 Å². The summed E-state index contributed by atoms with van der Waals surface area (Å²) in [5.74, 6) is 0.0982. The molecule has 0 aromatic heterocycles. The summed E-state index contributed by atoms with van der Waals surface area (Å²) in [6.45, 7) is 5.76. The van der Waals surface area contributed by atoms with Gasteiger partial charge in [-0.2, -0.15) is 0 Å². The fraction of sp³-hybridized carbons (Fsp3) is 0.208. The first kappa shape index (κ1) is 24.9. The van der Waals surface area contributed by atoms with E-state index in [0.717, 1.165) is 16.8 Å². The maximum absolute atomic E-state index is 12.6. The van der Waals surface area contributed by atoms with Crippen molar-refractivity contribution in [3.05, 3.63) is 81.8 Å². The second-order valence-corrected chi connectivity index (χ2v) is 10.3. The molecule has 0 aliphatic rings. The Hall–Kier alpha value is -2.74. The second-order valence-electron chi connectivity index (χ2n) is 7.74. The molecule has 0 aliphatic carbocycles. The van der Waals surface area contributed by atoms with Gasteiger partial charge in [0.15, 0.2) is 6.61 Å². The Morgan fingerprint density at radius 2 is 1.73 bits per heavy atom. The summed E-state index contributed by atoms with van der Waals surface area (Å²) in [7, 11) is -3.87. The molecule has 3 aromatic carbocycles. The Labute approximate surface area is 203 Å². The van der Waals surface area contributed by atoms with Crippen LogP contribution in [-0.4, -0.2) is 20.9 Å². The van der Waals surface area contributed by atoms with Crippen molar-refractivity contribution in [1.29, 1.82) is 0 Å². The zero-order chi connectivity index (χ0) is 24.2. The van der Waals surface area contributed by atoms with Crippen LogP contribution in [0.15, 0.2) is 65.6 Å². The number of halogens is 2. The average molecular weight is 507 g/mol. The van der Waals surface area contributed by atoms with Crippen molar-refractivity contribution in [1.82, 2.24) is 0 Å². The molecule has 3 aromatic rings. The molecule has 9 heteroatoms. The molecular formula is C24H24Cl2N2O4S. The normalized spacial score (nSPS) is 11.3. The standard InChI is InChI=1S/C24H24Cl2N2O4S/c1-15(2)20-6-4-5-16(3)24(20)27-23(29)14-32-22-12-11-19(13-21(22)26)33(30,31)28-18-9-7-17(25)8-10-18/h4-13,15,28H,14H2,1-3H3,(H,27,29). The highest BCUT2D eigenvalue weighted by molar-refractivity contribution is 7.92. The number of carbonyl (C=O) groups is 1. The van der Waals surface area contributed by atoms with E-state index in [1.807, 2.05) is 25.1 Å². The third-order valence-electron chi connectivity index (χ3n) is 4.86. The number of nitrogens with one attached hydrogen (secondary N) is 2. The fourth-order valence-corrected chi connectivity index (χ4v) is 4.67. The number of ether oxygens (including phenoxy) is 1. The topological polar surface area (TPSA) is 84.5 Å². The molecular weight excluding hydrogens is 483 g/mol. The van der Waals surface area contributed by atoms with E-state index >= 15 is 0 Å². The lowest BCUT2D eigenvalue weighted by Gasteiger charge is -2.17. The molecule has 0 aliphatic heterocycles. The highest BCUT2D eigenvalue weighted by Gasteiger charge is 2.18. The summed E-state index contributed by atoms with van der Waals surface area (Å²) >= 11 is 12.1. The van der Waals surface area contributed by atoms with Crippen LogP contribution in [0.2, 0.25) is 10.0 Å². The van der Waals surface area contributed by atoms with Crippen molar-refractivity contribution in [2.75, 3.05) is 16.6 Å². The van der Waals surface area contributed by atoms with E-state index in [9.17, 15) is 13.2 Å². The lowest BCUT2D eigenvalue weighted by atomic mass is 9.98. The Bertz CT molecular complexity index is 1260. The number of amides is 1. The molecule has 33 heavy (non-hydrogen) atoms. The number of para-hydroxylation sites is 1. The zero-order valence-corrected chi connectivity index (χ0v) is 20.7. The van der Waals surface area contributed by atoms with Crippen molar-refractivity contribution < 1.29 is 17.9 Å². The summed E-state index contributed by atoms with van der Waals surface area (Å²) in [5, 5.41) is 3.46. The molecule has 0 atom stereocenters. The monoisotopic (exact) mass is 506 g/mol. The maximum Gasteiger partial charge on any atom is 0.262 e. The number of hydrogen-bond donors (Lipinski definition) is 2. The average Bonchev–Trinajstić information content (AvgIpc) is 2.75. The lowest BCUT2D eigenvalue weighted by molar-refractivity contribution is -0.118. The fourth-order valence-electron chi connectivity index (χ4n) is 3.16. The van der Waals surface area contributed by atoms with E-state index in [0.29, 0.717) is 10.7 Å². The van der Waals surface area contributed by atoms with Crippen LogP contribution in [0.3, 0.4) is 0 Å². The molecule has 0 spiro atoms. The van der Waals surface area contributed by atoms with Gasteiger partial charge in [0, 0.05) is 16.4 Å². The van der Waals surface area contributed by atoms with Gasteiger partial charge in [0.05, 0.1) is 9.92 Å². The summed E-state index contributed by atoms with van der Waals surface area (Å²) < 4.78 is 33.3. The molecule has 0 saturated carbocycles. The molecule has 0 fully saturated rings. The molecule has 0 bridgehead atoms. The van der Waals surface area contributed by atoms with E-state index in [1.54, 1.807) is 24.3 Å². The number of hydrogen-bond acceptors (Lipinski definition) is 4. The van der Waals surface area contributed by atoms with Crippen molar-refractivity contribution in [2.24, 2.45) is 0 Å². The van der Waals surface area contributed by atoms with Crippen LogP contribution in [0.1, 0.15) is 30.9 Å². The maximum atomic E-state index is 12.6. The molecule has 0 radical (unpaired) electrons. The third kappa shape index (κ3) is 6.41. The van der Waals surface area contributed by atoms with Gasteiger partial charge in [-0.1, -0.05) is 55.2 Å². The van der Waals surface area contributed by atoms with Crippen molar-refractivity contribution in [2.45, 2.75) is 31.6 Å². The number of benzene rings is 3. The van der Waals surface area contributed by atoms with Crippen molar-refractivity contribution >= 4 is 50.5 Å². The van der Waals surface area contributed by atoms with Gasteiger partial charge in [-0.15, -0.1) is 0 Å². The van der Waals surface area contributed by atoms with E-state index in [1.165, 1.54) is 18.2 Å². The van der Waals surface area contributed by atoms with Gasteiger partial charge in [0.2, 0.25) is 0 Å². The SMILES string of the molecule is Cc1cccc(C(C)C)c1NC(=O)COc1ccc(S(=O)(=O)Nc2ccc(Cl)cc2)cc1Cl. The number of anilines is 2. The highest BCUT2D eigenvalue weighted by Crippen LogP contribution is 2.30. The molecule has 2 N–H and O–H groups in total. The van der Waals surface area contributed by atoms with Crippen molar-refractivity contribution in [3.8, 4) is 5.75 Å². The lowest BCUT2D eigenvalue weighted by Crippen LogP contribution is -2.22. The minimum Gasteiger partial charge on any atom is -0.482 e. The summed E-state index contributed by atoms with van der Waals surface area (Å²) in [5.41, 5.74) is 3.12. The highest BCUT2D eigenvalue weighted by atomic mass is 35.5. The molecule has 3 rings (SSSR count). The van der Waals surface area contributed by atoms with Crippen LogP contribution in [-0.2, 0) is 14.8 Å². The smallest absolute Gasteiger partial charge is 0.262 e. The van der Waals surface area contributed by atoms with Gasteiger partial charge in [-0.05, 0) is 66.4 Å². The van der Waals surface area contributed by atoms with Crippen LogP contribution in [0.5, 0.6) is 5.75 Å². The van der Waals surface area contributed by atoms with Crippen LogP contribution >= 0.6 is 23.2 Å². The van der Waals surface area contributed by atoms with Gasteiger partial charge in [-0.3, -0.25) is 9.52 Å². The first-order valence-electron chi connectivity index (χ1n) is 10.2. The van der Waals surface area contributed by atoms with Gasteiger partial charge in [0.1, 0.15) is 5.75 Å². The predicted octanol–water partition coefficient (Wildman–Crippen LogP) is 6.24. The molecule has 0 saturated heterocycles. The first-order chi connectivity index (χ1) is 15.6. The quantitative estimate of drug-likeness (QED) is 0.378. The molecule has 0 unspecified atom stereocenters. The third-order valence-corrected chi connectivity index (χ3v) is 6.79. The number of carbonyl (C=O) groups excluding carboxylic acids is 1. The van der Waals surface area contributed by atoms with Gasteiger partial charge < -0.3 is 10.1 Å². The van der Waals surface area contributed by atoms with Crippen LogP contribution in [0.25, 0.3) is 0 Å². The molecule has 174 valence electrons. The van der Waals surface area contributed by atoms with Crippen molar-refractivity contribution in [3.63, 3.8) is 0 Å². The molecule has 1 amide bonds. The summed E-state index contributed by atoms with van der Waals surface area (Å²) in [6, 6.07) is 16.2. The molecule has 0 heterocycles. The van der Waals surface area contributed by atoms with Gasteiger partial charge >= 0.3 is 0 Å². The summed E-state index contributed by atoms with van der Waals surface area (Å²) in [4.78, 5) is 12.4. The second kappa shape index (κ2) is 10.5. The van der Waals surface area contributed by atoms with Crippen LogP contribution < -0.4 is 14.8 Å². The Kier molecular flexibility index (Phi) is 7.89. The number of aryl methyl sites for hydroxylation is 1. The zero-order valence-electron chi connectivity index (χ0n) is 18.4. The Morgan fingerprint density at radius 1 is 1.03 bits per heavy atom. The van der Waals surface area contributed by atoms with Gasteiger partial charge in [-0.25, -0.2) is 8.42 Å². The minimum absolute atomic E-state index is 0.0410. The first-order valence-corrected chi connectivity index (χ1v) is 12.4. The van der Waals surface area contributed by atoms with Gasteiger partial charge in [0.25, 0.3) is 15.9 Å². The number of sulfonamides is 1. The Morgan fingerprint density at radius 3 is 2.36 bits per heavy atom.